The normalized spacial score (nSPS) is 22.2. The van der Waals surface area contributed by atoms with Crippen LogP contribution in [0.4, 0.5) is 13.2 Å². The molecule has 1 aromatic heterocycles. The molecule has 0 bridgehead atoms. The molecule has 0 spiro atoms. The molecule has 1 saturated heterocycles. The van der Waals surface area contributed by atoms with Crippen LogP contribution in [0.5, 0.6) is 0 Å². The van der Waals surface area contributed by atoms with Gasteiger partial charge >= 0.3 is 6.18 Å². The van der Waals surface area contributed by atoms with Crippen molar-refractivity contribution in [2.75, 3.05) is 26.2 Å². The number of piperidine rings is 1. The number of rotatable bonds is 6. The third-order valence-electron chi connectivity index (χ3n) is 4.47. The van der Waals surface area contributed by atoms with Crippen LogP contribution in [0, 0.1) is 11.8 Å². The molecule has 8 heteroatoms. The van der Waals surface area contributed by atoms with Crippen molar-refractivity contribution >= 4 is 5.91 Å². The van der Waals surface area contributed by atoms with Crippen LogP contribution in [0.15, 0.2) is 6.20 Å². The summed E-state index contributed by atoms with van der Waals surface area (Å²) in [7, 11) is 1.37. The third kappa shape index (κ3) is 5.73. The number of carbonyl (C=O) groups excluding carboxylic acids is 1. The first-order chi connectivity index (χ1) is 11.7. The number of aromatic nitrogens is 2. The lowest BCUT2D eigenvalue weighted by Gasteiger charge is -2.34. The van der Waals surface area contributed by atoms with E-state index in [9.17, 15) is 18.0 Å². The van der Waals surface area contributed by atoms with Crippen LogP contribution in [0.25, 0.3) is 0 Å². The minimum Gasteiger partial charge on any atom is -0.352 e. The molecule has 1 amide bonds. The molecule has 0 unspecified atom stereocenters. The van der Waals surface area contributed by atoms with Crippen LogP contribution in [-0.2, 0) is 13.2 Å². The summed E-state index contributed by atoms with van der Waals surface area (Å²) in [5.74, 6) is 0.685. The smallest absolute Gasteiger partial charge is 0.352 e. The zero-order valence-corrected chi connectivity index (χ0v) is 15.1. The van der Waals surface area contributed by atoms with E-state index < -0.39 is 23.3 Å². The van der Waals surface area contributed by atoms with E-state index >= 15 is 0 Å². The minimum atomic E-state index is -4.63. The van der Waals surface area contributed by atoms with Gasteiger partial charge in [0.15, 0.2) is 5.69 Å². The highest BCUT2D eigenvalue weighted by molar-refractivity contribution is 5.95. The Morgan fingerprint density at radius 2 is 1.92 bits per heavy atom. The molecule has 0 saturated carbocycles. The second-order valence-corrected chi connectivity index (χ2v) is 7.23. The highest BCUT2D eigenvalue weighted by Crippen LogP contribution is 2.30. The van der Waals surface area contributed by atoms with Crippen molar-refractivity contribution in [3.8, 4) is 0 Å². The van der Waals surface area contributed by atoms with E-state index in [-0.39, 0.29) is 0 Å². The number of alkyl halides is 3. The number of amides is 1. The van der Waals surface area contributed by atoms with Gasteiger partial charge in [-0.3, -0.25) is 9.48 Å². The van der Waals surface area contributed by atoms with Crippen LogP contribution >= 0.6 is 0 Å². The molecule has 0 aromatic carbocycles. The monoisotopic (exact) mass is 360 g/mol. The molecular formula is C17H27F3N4O. The maximum absolute atomic E-state index is 12.9. The van der Waals surface area contributed by atoms with Crippen molar-refractivity contribution < 1.29 is 18.0 Å². The molecule has 1 aromatic rings. The second-order valence-electron chi connectivity index (χ2n) is 7.23. The summed E-state index contributed by atoms with van der Waals surface area (Å²) in [6.07, 6.45) is -0.602. The minimum absolute atomic E-state index is 0.365. The van der Waals surface area contributed by atoms with Gasteiger partial charge in [0.05, 0.1) is 5.56 Å². The molecule has 5 nitrogen and oxygen atoms in total. The number of unbranched alkanes of at least 4 members (excludes halogenated alkanes) is 1. The fraction of sp³-hybridized carbons (Fsp3) is 0.765. The highest BCUT2D eigenvalue weighted by atomic mass is 19.4. The maximum Gasteiger partial charge on any atom is 0.435 e. The Bertz CT molecular complexity index is 575. The first-order valence-corrected chi connectivity index (χ1v) is 8.78. The standard InChI is InChI=1S/C17H27F3N4O/c1-12-8-13(2)10-24(9-12)7-5-4-6-21-16(25)14-11-23(3)22-15(14)17(18,19)20/h11-13H,4-10H2,1-3H3,(H,21,25)/t12-,13+. The molecule has 2 atom stereocenters. The summed E-state index contributed by atoms with van der Waals surface area (Å²) < 4.78 is 39.6. The number of halogens is 3. The molecule has 2 heterocycles. The number of nitrogens with one attached hydrogen (secondary N) is 1. The molecule has 1 aliphatic rings. The fourth-order valence-electron chi connectivity index (χ4n) is 3.60. The van der Waals surface area contributed by atoms with Gasteiger partial charge in [0.25, 0.3) is 5.91 Å². The van der Waals surface area contributed by atoms with Crippen molar-refractivity contribution in [1.82, 2.24) is 20.0 Å². The van der Waals surface area contributed by atoms with E-state index in [1.807, 2.05) is 0 Å². The van der Waals surface area contributed by atoms with Crippen molar-refractivity contribution in [2.24, 2.45) is 18.9 Å². The topological polar surface area (TPSA) is 50.2 Å². The van der Waals surface area contributed by atoms with Gasteiger partial charge in [0.1, 0.15) is 0 Å². The Hall–Kier alpha value is -1.57. The van der Waals surface area contributed by atoms with Crippen LogP contribution in [0.1, 0.15) is 49.2 Å². The molecule has 25 heavy (non-hydrogen) atoms. The SMILES string of the molecule is C[C@@H]1C[C@H](C)CN(CCCCNC(=O)c2cn(C)nc2C(F)(F)F)C1. The van der Waals surface area contributed by atoms with Crippen LogP contribution in [0.3, 0.4) is 0 Å². The molecule has 1 aliphatic heterocycles. The van der Waals surface area contributed by atoms with Gasteiger partial charge in [-0.05, 0) is 37.6 Å². The van der Waals surface area contributed by atoms with Crippen LogP contribution < -0.4 is 5.32 Å². The van der Waals surface area contributed by atoms with Gasteiger partial charge in [0, 0.05) is 32.9 Å². The van der Waals surface area contributed by atoms with E-state index in [4.69, 9.17) is 0 Å². The number of likely N-dealkylation sites (tertiary alicyclic amines) is 1. The van der Waals surface area contributed by atoms with Crippen molar-refractivity contribution in [3.05, 3.63) is 17.5 Å². The van der Waals surface area contributed by atoms with Gasteiger partial charge in [0.2, 0.25) is 0 Å². The lowest BCUT2D eigenvalue weighted by Crippen LogP contribution is -2.39. The molecule has 0 aliphatic carbocycles. The van der Waals surface area contributed by atoms with Crippen LogP contribution in [-0.4, -0.2) is 46.8 Å². The summed E-state index contributed by atoms with van der Waals surface area (Å²) in [5.41, 5.74) is -1.56. The predicted molar refractivity (Wildman–Crippen MR) is 89.2 cm³/mol. The average Bonchev–Trinajstić information content (AvgIpc) is 2.88. The van der Waals surface area contributed by atoms with Crippen molar-refractivity contribution in [2.45, 2.75) is 39.3 Å². The Morgan fingerprint density at radius 1 is 1.28 bits per heavy atom. The van der Waals surface area contributed by atoms with E-state index in [1.165, 1.54) is 13.5 Å². The van der Waals surface area contributed by atoms with Crippen molar-refractivity contribution in [1.29, 1.82) is 0 Å². The van der Waals surface area contributed by atoms with E-state index in [2.05, 4.69) is 29.2 Å². The fourth-order valence-corrected chi connectivity index (χ4v) is 3.60. The Morgan fingerprint density at radius 3 is 2.52 bits per heavy atom. The zero-order valence-electron chi connectivity index (χ0n) is 15.1. The Labute approximate surface area is 146 Å². The Balaban J connectivity index is 1.74. The zero-order chi connectivity index (χ0) is 18.6. The van der Waals surface area contributed by atoms with E-state index in [0.717, 1.165) is 43.4 Å². The maximum atomic E-state index is 12.9. The first-order valence-electron chi connectivity index (χ1n) is 8.78. The van der Waals surface area contributed by atoms with Gasteiger partial charge in [-0.1, -0.05) is 13.8 Å². The van der Waals surface area contributed by atoms with Crippen LogP contribution in [0.2, 0.25) is 0 Å². The predicted octanol–water partition coefficient (Wildman–Crippen LogP) is 2.93. The van der Waals surface area contributed by atoms with Crippen molar-refractivity contribution in [3.63, 3.8) is 0 Å². The lowest BCUT2D eigenvalue weighted by atomic mass is 9.92. The summed E-state index contributed by atoms with van der Waals surface area (Å²) in [6, 6.07) is 0. The number of carbonyl (C=O) groups is 1. The molecular weight excluding hydrogens is 333 g/mol. The average molecular weight is 360 g/mol. The van der Waals surface area contributed by atoms with Gasteiger partial charge in [-0.15, -0.1) is 0 Å². The molecule has 1 N–H and O–H groups in total. The third-order valence-corrected chi connectivity index (χ3v) is 4.47. The summed E-state index contributed by atoms with van der Waals surface area (Å²) in [6.45, 7) is 8.04. The molecule has 0 radical (unpaired) electrons. The van der Waals surface area contributed by atoms with E-state index in [0.29, 0.717) is 18.4 Å². The Kier molecular flexibility index (Phi) is 6.48. The lowest BCUT2D eigenvalue weighted by molar-refractivity contribution is -0.141. The largest absolute Gasteiger partial charge is 0.435 e. The highest BCUT2D eigenvalue weighted by Gasteiger charge is 2.38. The molecule has 2 rings (SSSR count). The number of aryl methyl sites for hydroxylation is 1. The first kappa shape index (κ1) is 19.8. The van der Waals surface area contributed by atoms with Gasteiger partial charge in [-0.2, -0.15) is 18.3 Å². The number of nitrogens with zero attached hydrogens (tertiary/aromatic N) is 3. The quantitative estimate of drug-likeness (QED) is 0.794. The second kappa shape index (κ2) is 8.21. The summed E-state index contributed by atoms with van der Waals surface area (Å²) in [5, 5.41) is 5.92. The summed E-state index contributed by atoms with van der Waals surface area (Å²) in [4.78, 5) is 14.4. The molecule has 1 fully saturated rings. The van der Waals surface area contributed by atoms with E-state index in [1.54, 1.807) is 0 Å². The van der Waals surface area contributed by atoms with Gasteiger partial charge in [-0.25, -0.2) is 0 Å². The number of hydrogen-bond acceptors (Lipinski definition) is 3. The van der Waals surface area contributed by atoms with Gasteiger partial charge < -0.3 is 10.2 Å². The number of hydrogen-bond donors (Lipinski definition) is 1. The molecule has 142 valence electrons. The summed E-state index contributed by atoms with van der Waals surface area (Å²) >= 11 is 0.